The second-order valence-corrected chi connectivity index (χ2v) is 5.13. The minimum atomic E-state index is 0.804. The Labute approximate surface area is 111 Å². The molecule has 2 aromatic rings. The number of nitrogens with zero attached hydrogens (tertiary/aromatic N) is 3. The molecule has 2 aromatic heterocycles. The first kappa shape index (κ1) is 12.9. The van der Waals surface area contributed by atoms with Gasteiger partial charge in [0.15, 0.2) is 5.82 Å². The zero-order valence-electron chi connectivity index (χ0n) is 11.0. The average molecular weight is 265 g/mol. The predicted octanol–water partition coefficient (Wildman–Crippen LogP) is 2.60. The number of nitrogens with one attached hydrogen (secondary N) is 1. The molecule has 0 unspecified atom stereocenters. The largest absolute Gasteiger partial charge is 0.390 e. The van der Waals surface area contributed by atoms with Gasteiger partial charge >= 0.3 is 0 Å². The van der Waals surface area contributed by atoms with Crippen molar-refractivity contribution in [1.29, 1.82) is 0 Å². The molecule has 5 nitrogen and oxygen atoms in total. The van der Waals surface area contributed by atoms with Crippen molar-refractivity contribution in [2.75, 3.05) is 17.6 Å². The van der Waals surface area contributed by atoms with E-state index in [-0.39, 0.29) is 0 Å². The maximum Gasteiger partial charge on any atom is 0.224 e. The van der Waals surface area contributed by atoms with Crippen molar-refractivity contribution in [3.05, 3.63) is 10.9 Å². The highest BCUT2D eigenvalue weighted by atomic mass is 32.1. The van der Waals surface area contributed by atoms with Crippen molar-refractivity contribution in [3.8, 4) is 11.4 Å². The highest BCUT2D eigenvalue weighted by Gasteiger charge is 2.16. The fourth-order valence-corrected chi connectivity index (χ4v) is 2.76. The van der Waals surface area contributed by atoms with E-state index in [1.807, 2.05) is 6.92 Å². The highest BCUT2D eigenvalue weighted by Crippen LogP contribution is 2.34. The summed E-state index contributed by atoms with van der Waals surface area (Å²) in [6, 6.07) is 2.12. The number of hydrogen-bond acceptors (Lipinski definition) is 5. The molecule has 0 saturated carbocycles. The number of hydrogen-bond donors (Lipinski definition) is 2. The van der Waals surface area contributed by atoms with Crippen LogP contribution in [0.25, 0.3) is 11.4 Å². The fourth-order valence-electron chi connectivity index (χ4n) is 1.90. The molecule has 0 amide bonds. The van der Waals surface area contributed by atoms with Gasteiger partial charge in [-0.25, -0.2) is 0 Å². The Morgan fingerprint density at radius 3 is 2.67 bits per heavy atom. The van der Waals surface area contributed by atoms with Gasteiger partial charge < -0.3 is 11.1 Å². The summed E-state index contributed by atoms with van der Waals surface area (Å²) < 4.78 is 2.06. The van der Waals surface area contributed by atoms with Gasteiger partial charge in [-0.2, -0.15) is 0 Å². The molecular weight excluding hydrogens is 246 g/mol. The van der Waals surface area contributed by atoms with Gasteiger partial charge in [-0.1, -0.05) is 6.92 Å². The van der Waals surface area contributed by atoms with Gasteiger partial charge in [0.2, 0.25) is 5.95 Å². The smallest absolute Gasteiger partial charge is 0.224 e. The van der Waals surface area contributed by atoms with E-state index in [0.29, 0.717) is 0 Å². The van der Waals surface area contributed by atoms with Crippen LogP contribution >= 0.6 is 11.3 Å². The second kappa shape index (κ2) is 5.39. The minimum absolute atomic E-state index is 0.804. The third kappa shape index (κ3) is 2.20. The molecule has 0 fully saturated rings. The number of rotatable bonds is 5. The maximum absolute atomic E-state index is 6.07. The molecule has 0 atom stereocenters. The van der Waals surface area contributed by atoms with E-state index in [4.69, 9.17) is 5.73 Å². The lowest BCUT2D eigenvalue weighted by Gasteiger charge is -2.07. The van der Waals surface area contributed by atoms with Crippen LogP contribution in [0.4, 0.5) is 10.9 Å². The molecule has 2 heterocycles. The first-order valence-corrected chi connectivity index (χ1v) is 7.08. The standard InChI is InChI=1S/C12H19N5S/c1-4-8-7-9(10(13)18-8)11-15-16-12(14-5-2)17(11)6-3/h7H,4-6,13H2,1-3H3,(H,14,16). The molecule has 0 spiro atoms. The third-order valence-electron chi connectivity index (χ3n) is 2.80. The Bertz CT molecular complexity index is 529. The zero-order valence-corrected chi connectivity index (χ0v) is 11.8. The van der Waals surface area contributed by atoms with Gasteiger partial charge in [-0.15, -0.1) is 21.5 Å². The monoisotopic (exact) mass is 265 g/mol. The highest BCUT2D eigenvalue weighted by molar-refractivity contribution is 7.16. The molecule has 0 saturated heterocycles. The topological polar surface area (TPSA) is 68.8 Å². The van der Waals surface area contributed by atoms with Crippen LogP contribution in [0.3, 0.4) is 0 Å². The molecule has 0 bridgehead atoms. The Hall–Kier alpha value is -1.56. The maximum atomic E-state index is 6.07. The average Bonchev–Trinajstić information content (AvgIpc) is 2.92. The summed E-state index contributed by atoms with van der Waals surface area (Å²) in [6.45, 7) is 7.90. The number of aryl methyl sites for hydroxylation is 1. The summed E-state index contributed by atoms with van der Waals surface area (Å²) >= 11 is 1.63. The predicted molar refractivity (Wildman–Crippen MR) is 77.0 cm³/mol. The summed E-state index contributed by atoms with van der Waals surface area (Å²) in [5.41, 5.74) is 7.07. The molecule has 98 valence electrons. The summed E-state index contributed by atoms with van der Waals surface area (Å²) in [5, 5.41) is 12.5. The fraction of sp³-hybridized carbons (Fsp3) is 0.500. The van der Waals surface area contributed by atoms with Crippen LogP contribution in [0.5, 0.6) is 0 Å². The summed E-state index contributed by atoms with van der Waals surface area (Å²) in [4.78, 5) is 1.28. The van der Waals surface area contributed by atoms with Gasteiger partial charge in [0, 0.05) is 18.0 Å². The van der Waals surface area contributed by atoms with Gasteiger partial charge in [0.05, 0.1) is 10.6 Å². The van der Waals surface area contributed by atoms with Crippen molar-refractivity contribution in [3.63, 3.8) is 0 Å². The summed E-state index contributed by atoms with van der Waals surface area (Å²) in [6.07, 6.45) is 0.995. The molecule has 0 radical (unpaired) electrons. The van der Waals surface area contributed by atoms with Gasteiger partial charge in [0.25, 0.3) is 0 Å². The Morgan fingerprint density at radius 1 is 1.33 bits per heavy atom. The number of thiophene rings is 1. The molecule has 0 aliphatic carbocycles. The Balaban J connectivity index is 2.46. The van der Waals surface area contributed by atoms with Crippen molar-refractivity contribution in [1.82, 2.24) is 14.8 Å². The van der Waals surface area contributed by atoms with Crippen molar-refractivity contribution < 1.29 is 0 Å². The van der Waals surface area contributed by atoms with E-state index in [9.17, 15) is 0 Å². The minimum Gasteiger partial charge on any atom is -0.390 e. The second-order valence-electron chi connectivity index (χ2n) is 3.97. The van der Waals surface area contributed by atoms with E-state index in [2.05, 4.69) is 40.0 Å². The lowest BCUT2D eigenvalue weighted by molar-refractivity contribution is 0.770. The SMILES string of the molecule is CCNc1nnc(-c2cc(CC)sc2N)n1CC. The van der Waals surface area contributed by atoms with E-state index < -0.39 is 0 Å². The molecule has 0 aliphatic heterocycles. The van der Waals surface area contributed by atoms with Crippen LogP contribution in [0.15, 0.2) is 6.07 Å². The van der Waals surface area contributed by atoms with E-state index in [1.54, 1.807) is 11.3 Å². The van der Waals surface area contributed by atoms with Crippen LogP contribution in [-0.4, -0.2) is 21.3 Å². The quantitative estimate of drug-likeness (QED) is 0.872. The molecule has 6 heteroatoms. The lowest BCUT2D eigenvalue weighted by atomic mass is 10.2. The van der Waals surface area contributed by atoms with Crippen LogP contribution in [0.2, 0.25) is 0 Å². The number of nitrogens with two attached hydrogens (primary N) is 1. The Morgan fingerprint density at radius 2 is 2.11 bits per heavy atom. The summed E-state index contributed by atoms with van der Waals surface area (Å²) in [7, 11) is 0. The molecular formula is C12H19N5S. The normalized spacial score (nSPS) is 10.8. The van der Waals surface area contributed by atoms with Crippen LogP contribution in [-0.2, 0) is 13.0 Å². The Kier molecular flexibility index (Phi) is 3.86. The van der Waals surface area contributed by atoms with Crippen LogP contribution < -0.4 is 11.1 Å². The lowest BCUT2D eigenvalue weighted by Crippen LogP contribution is -2.07. The van der Waals surface area contributed by atoms with E-state index in [1.165, 1.54) is 4.88 Å². The van der Waals surface area contributed by atoms with Crippen molar-refractivity contribution in [2.24, 2.45) is 0 Å². The first-order valence-electron chi connectivity index (χ1n) is 6.26. The number of anilines is 2. The van der Waals surface area contributed by atoms with Crippen LogP contribution in [0.1, 0.15) is 25.6 Å². The summed E-state index contributed by atoms with van der Waals surface area (Å²) in [5.74, 6) is 1.65. The zero-order chi connectivity index (χ0) is 13.1. The van der Waals surface area contributed by atoms with Crippen molar-refractivity contribution in [2.45, 2.75) is 33.7 Å². The molecule has 0 aromatic carbocycles. The van der Waals surface area contributed by atoms with E-state index in [0.717, 1.165) is 41.8 Å². The number of nitrogen functional groups attached to an aromatic ring is 1. The number of aromatic nitrogens is 3. The van der Waals surface area contributed by atoms with Gasteiger partial charge in [-0.3, -0.25) is 4.57 Å². The first-order chi connectivity index (χ1) is 8.71. The van der Waals surface area contributed by atoms with Crippen molar-refractivity contribution >= 4 is 22.3 Å². The molecule has 2 rings (SSSR count). The third-order valence-corrected chi connectivity index (χ3v) is 3.91. The molecule has 0 aliphatic rings. The van der Waals surface area contributed by atoms with E-state index >= 15 is 0 Å². The molecule has 18 heavy (non-hydrogen) atoms. The molecule has 3 N–H and O–H groups in total. The van der Waals surface area contributed by atoms with Crippen LogP contribution in [0, 0.1) is 0 Å². The van der Waals surface area contributed by atoms with Gasteiger partial charge in [-0.05, 0) is 26.3 Å². The van der Waals surface area contributed by atoms with Gasteiger partial charge in [0.1, 0.15) is 0 Å².